The Morgan fingerprint density at radius 1 is 1.10 bits per heavy atom. The highest BCUT2D eigenvalue weighted by Gasteiger charge is 2.47. The number of Topliss-reactive ketones (excluding diaryl/α,β-unsaturated/α-hetero) is 1. The van der Waals surface area contributed by atoms with Crippen molar-refractivity contribution in [1.29, 1.82) is 0 Å². The summed E-state index contributed by atoms with van der Waals surface area (Å²) in [6.45, 7) is 2.43. The van der Waals surface area contributed by atoms with Crippen LogP contribution in [0.3, 0.4) is 0 Å². The van der Waals surface area contributed by atoms with Crippen LogP contribution < -0.4 is 9.64 Å². The van der Waals surface area contributed by atoms with E-state index in [0.717, 1.165) is 9.35 Å². The molecule has 1 aromatic heterocycles. The molecule has 0 aliphatic carbocycles. The Labute approximate surface area is 186 Å². The number of halogens is 1. The fraction of sp³-hybridized carbons (Fsp3) is 0.130. The maximum absolute atomic E-state index is 13.0. The van der Waals surface area contributed by atoms with Crippen LogP contribution in [0.15, 0.2) is 76.1 Å². The van der Waals surface area contributed by atoms with Gasteiger partial charge < -0.3 is 9.84 Å². The molecule has 1 fully saturated rings. The standard InChI is InChI=1S/C23H18BrNO4S/c1-2-29-17-11-9-16(10-12-17)25-20(18-4-3-13-30-18)19(22(27)23(25)28)21(26)14-5-7-15(24)8-6-14/h3-13,20,26H,2H2,1H3/b21-19-. The number of aliphatic hydroxyl groups excluding tert-OH is 1. The first-order valence-corrected chi connectivity index (χ1v) is 11.0. The molecule has 1 aliphatic heterocycles. The monoisotopic (exact) mass is 483 g/mol. The molecule has 0 saturated carbocycles. The number of amides is 1. The van der Waals surface area contributed by atoms with Crippen LogP contribution in [-0.2, 0) is 9.59 Å². The zero-order valence-electron chi connectivity index (χ0n) is 16.0. The molecule has 1 unspecified atom stereocenters. The normalized spacial score (nSPS) is 18.1. The Hall–Kier alpha value is -2.90. The third-order valence-electron chi connectivity index (χ3n) is 4.80. The molecular weight excluding hydrogens is 466 g/mol. The summed E-state index contributed by atoms with van der Waals surface area (Å²) in [6.07, 6.45) is 0. The lowest BCUT2D eigenvalue weighted by atomic mass is 10.00. The number of nitrogens with zero attached hydrogens (tertiary/aromatic N) is 1. The van der Waals surface area contributed by atoms with Crippen LogP contribution in [0, 0.1) is 0 Å². The smallest absolute Gasteiger partial charge is 0.300 e. The van der Waals surface area contributed by atoms with Gasteiger partial charge in [-0.3, -0.25) is 14.5 Å². The van der Waals surface area contributed by atoms with E-state index in [1.165, 1.54) is 16.2 Å². The van der Waals surface area contributed by atoms with Crippen LogP contribution in [-0.4, -0.2) is 23.4 Å². The highest BCUT2D eigenvalue weighted by molar-refractivity contribution is 9.10. The first kappa shape index (κ1) is 20.4. The van der Waals surface area contributed by atoms with Crippen molar-refractivity contribution in [2.75, 3.05) is 11.5 Å². The number of anilines is 1. The minimum Gasteiger partial charge on any atom is -0.507 e. The van der Waals surface area contributed by atoms with Gasteiger partial charge in [0.05, 0.1) is 12.2 Å². The number of benzene rings is 2. The molecule has 1 N–H and O–H groups in total. The summed E-state index contributed by atoms with van der Waals surface area (Å²) in [6, 6.07) is 17.0. The molecule has 0 radical (unpaired) electrons. The summed E-state index contributed by atoms with van der Waals surface area (Å²) in [5.41, 5.74) is 1.12. The van der Waals surface area contributed by atoms with Crippen LogP contribution >= 0.6 is 27.3 Å². The quantitative estimate of drug-likeness (QED) is 0.294. The number of hydrogen-bond acceptors (Lipinski definition) is 5. The minimum atomic E-state index is -0.706. The van der Waals surface area contributed by atoms with Crippen molar-refractivity contribution >= 4 is 50.4 Å². The zero-order chi connectivity index (χ0) is 21.3. The highest BCUT2D eigenvalue weighted by Crippen LogP contribution is 2.43. The van der Waals surface area contributed by atoms with Gasteiger partial charge in [0.2, 0.25) is 0 Å². The van der Waals surface area contributed by atoms with E-state index in [1.807, 2.05) is 24.4 Å². The molecule has 1 saturated heterocycles. The van der Waals surface area contributed by atoms with Crippen molar-refractivity contribution in [1.82, 2.24) is 0 Å². The molecule has 0 spiro atoms. The number of carbonyl (C=O) groups excluding carboxylic acids is 2. The van der Waals surface area contributed by atoms with Crippen molar-refractivity contribution < 1.29 is 19.4 Å². The Morgan fingerprint density at radius 2 is 1.80 bits per heavy atom. The highest BCUT2D eigenvalue weighted by atomic mass is 79.9. The van der Waals surface area contributed by atoms with Crippen molar-refractivity contribution in [3.8, 4) is 5.75 Å². The summed E-state index contributed by atoms with van der Waals surface area (Å²) < 4.78 is 6.33. The molecule has 5 nitrogen and oxygen atoms in total. The summed E-state index contributed by atoms with van der Waals surface area (Å²) in [7, 11) is 0. The molecule has 152 valence electrons. The molecule has 30 heavy (non-hydrogen) atoms. The van der Waals surface area contributed by atoms with Gasteiger partial charge in [0.15, 0.2) is 0 Å². The third-order valence-corrected chi connectivity index (χ3v) is 6.25. The van der Waals surface area contributed by atoms with Crippen LogP contribution in [0.5, 0.6) is 5.75 Å². The van der Waals surface area contributed by atoms with Crippen LogP contribution in [0.2, 0.25) is 0 Å². The predicted octanol–water partition coefficient (Wildman–Crippen LogP) is 5.54. The Balaban J connectivity index is 1.85. The van der Waals surface area contributed by atoms with Gasteiger partial charge in [0.25, 0.3) is 11.7 Å². The van der Waals surface area contributed by atoms with E-state index in [-0.39, 0.29) is 11.3 Å². The second-order valence-corrected chi connectivity index (χ2v) is 8.51. The van der Waals surface area contributed by atoms with E-state index >= 15 is 0 Å². The second kappa shape index (κ2) is 8.45. The number of rotatable bonds is 5. The molecule has 3 aromatic rings. The SMILES string of the molecule is CCOc1ccc(N2C(=O)C(=O)/C(=C(\O)c3ccc(Br)cc3)C2c2cccs2)cc1. The molecule has 1 aliphatic rings. The van der Waals surface area contributed by atoms with Crippen LogP contribution in [0.1, 0.15) is 23.4 Å². The lowest BCUT2D eigenvalue weighted by Gasteiger charge is -2.24. The molecule has 2 heterocycles. The largest absolute Gasteiger partial charge is 0.507 e. The lowest BCUT2D eigenvalue weighted by molar-refractivity contribution is -0.132. The van der Waals surface area contributed by atoms with E-state index in [0.29, 0.717) is 23.6 Å². The van der Waals surface area contributed by atoms with Gasteiger partial charge in [-0.25, -0.2) is 0 Å². The number of carbonyl (C=O) groups is 2. The van der Waals surface area contributed by atoms with Gasteiger partial charge >= 0.3 is 0 Å². The molecule has 2 aromatic carbocycles. The third kappa shape index (κ3) is 3.66. The Bertz CT molecular complexity index is 1110. The summed E-state index contributed by atoms with van der Waals surface area (Å²) in [4.78, 5) is 28.3. The lowest BCUT2D eigenvalue weighted by Crippen LogP contribution is -2.29. The van der Waals surface area contributed by atoms with Gasteiger partial charge in [0.1, 0.15) is 17.6 Å². The number of ketones is 1. The Kier molecular flexibility index (Phi) is 5.74. The molecule has 0 bridgehead atoms. The molecule has 1 atom stereocenters. The van der Waals surface area contributed by atoms with E-state index < -0.39 is 17.7 Å². The molecule has 4 rings (SSSR count). The van der Waals surface area contributed by atoms with Gasteiger partial charge in [-0.05, 0) is 54.8 Å². The fourth-order valence-electron chi connectivity index (χ4n) is 3.45. The number of aliphatic hydroxyl groups is 1. The number of hydrogen-bond donors (Lipinski definition) is 1. The topological polar surface area (TPSA) is 66.8 Å². The first-order valence-electron chi connectivity index (χ1n) is 9.34. The van der Waals surface area contributed by atoms with Gasteiger partial charge in [-0.1, -0.05) is 34.1 Å². The predicted molar refractivity (Wildman–Crippen MR) is 121 cm³/mol. The van der Waals surface area contributed by atoms with Crippen LogP contribution in [0.25, 0.3) is 5.76 Å². The van der Waals surface area contributed by atoms with Crippen molar-refractivity contribution in [2.24, 2.45) is 0 Å². The zero-order valence-corrected chi connectivity index (χ0v) is 18.4. The summed E-state index contributed by atoms with van der Waals surface area (Å²) in [5, 5.41) is 12.9. The number of thiophene rings is 1. The average molecular weight is 484 g/mol. The summed E-state index contributed by atoms with van der Waals surface area (Å²) in [5.74, 6) is -0.882. The molecular formula is C23H18BrNO4S. The average Bonchev–Trinajstić information content (AvgIpc) is 3.36. The number of ether oxygens (including phenoxy) is 1. The van der Waals surface area contributed by atoms with E-state index in [1.54, 1.807) is 48.5 Å². The summed E-state index contributed by atoms with van der Waals surface area (Å²) >= 11 is 4.79. The fourth-order valence-corrected chi connectivity index (χ4v) is 4.54. The Morgan fingerprint density at radius 3 is 2.40 bits per heavy atom. The van der Waals surface area contributed by atoms with E-state index in [4.69, 9.17) is 4.74 Å². The van der Waals surface area contributed by atoms with E-state index in [9.17, 15) is 14.7 Å². The van der Waals surface area contributed by atoms with E-state index in [2.05, 4.69) is 15.9 Å². The van der Waals surface area contributed by atoms with Crippen molar-refractivity contribution in [3.05, 3.63) is 86.5 Å². The molecule has 1 amide bonds. The first-order chi connectivity index (χ1) is 14.5. The van der Waals surface area contributed by atoms with Gasteiger partial charge in [-0.15, -0.1) is 11.3 Å². The maximum atomic E-state index is 13.0. The molecule has 7 heteroatoms. The van der Waals surface area contributed by atoms with Gasteiger partial charge in [0, 0.05) is 20.6 Å². The minimum absolute atomic E-state index is 0.0821. The van der Waals surface area contributed by atoms with Crippen molar-refractivity contribution in [3.63, 3.8) is 0 Å². The van der Waals surface area contributed by atoms with Crippen LogP contribution in [0.4, 0.5) is 5.69 Å². The second-order valence-electron chi connectivity index (χ2n) is 6.62. The maximum Gasteiger partial charge on any atom is 0.300 e. The van der Waals surface area contributed by atoms with Gasteiger partial charge in [-0.2, -0.15) is 0 Å². The van der Waals surface area contributed by atoms with Crippen molar-refractivity contribution in [2.45, 2.75) is 13.0 Å².